The standard InChI is InChI=1S/C22H24FN5O/c23-17-4-6-18(7-5-17)29-13-3-10-25-21-16(14-24)15-26-19-8-9-20(27-22(19)21)28-11-1-2-12-28/h4-9,15,20,27H,1-3,10-13H2,(H,25,26). The predicted molar refractivity (Wildman–Crippen MR) is 111 cm³/mol. The van der Waals surface area contributed by atoms with Crippen LogP contribution in [0.5, 0.6) is 5.75 Å². The molecule has 2 N–H and O–H groups in total. The average Bonchev–Trinajstić information content (AvgIpc) is 3.29. The lowest BCUT2D eigenvalue weighted by Crippen LogP contribution is -2.39. The molecule has 4 rings (SSSR count). The SMILES string of the molecule is N#Cc1cnc2c(c1NCCCOc1ccc(F)cc1)NC(N1CCCC1)C=C2. The zero-order valence-electron chi connectivity index (χ0n) is 16.2. The fraction of sp³-hybridized carbons (Fsp3) is 0.364. The van der Waals surface area contributed by atoms with Gasteiger partial charge in [0.2, 0.25) is 0 Å². The Morgan fingerprint density at radius 3 is 2.83 bits per heavy atom. The summed E-state index contributed by atoms with van der Waals surface area (Å²) in [7, 11) is 0. The summed E-state index contributed by atoms with van der Waals surface area (Å²) in [6.45, 7) is 3.29. The molecule has 3 heterocycles. The minimum absolute atomic E-state index is 0.128. The van der Waals surface area contributed by atoms with E-state index in [4.69, 9.17) is 4.74 Å². The number of benzene rings is 1. The van der Waals surface area contributed by atoms with Crippen molar-refractivity contribution in [3.8, 4) is 11.8 Å². The van der Waals surface area contributed by atoms with Crippen LogP contribution in [0.3, 0.4) is 0 Å². The Hall–Kier alpha value is -3.11. The van der Waals surface area contributed by atoms with Gasteiger partial charge >= 0.3 is 0 Å². The molecule has 1 saturated heterocycles. The molecule has 1 fully saturated rings. The first-order valence-corrected chi connectivity index (χ1v) is 9.99. The van der Waals surface area contributed by atoms with Crippen LogP contribution in [-0.2, 0) is 0 Å². The summed E-state index contributed by atoms with van der Waals surface area (Å²) in [5, 5.41) is 16.5. The second-order valence-corrected chi connectivity index (χ2v) is 7.19. The number of aromatic nitrogens is 1. The maximum absolute atomic E-state index is 12.9. The molecule has 0 saturated carbocycles. The number of halogens is 1. The van der Waals surface area contributed by atoms with Gasteiger partial charge in [0.05, 0.1) is 35.4 Å². The zero-order chi connectivity index (χ0) is 20.1. The molecule has 2 aromatic rings. The van der Waals surface area contributed by atoms with Gasteiger partial charge in [-0.3, -0.25) is 9.88 Å². The minimum atomic E-state index is -0.278. The van der Waals surface area contributed by atoms with Gasteiger partial charge in [0.25, 0.3) is 0 Å². The first-order chi connectivity index (χ1) is 14.2. The predicted octanol–water partition coefficient (Wildman–Crippen LogP) is 3.83. The van der Waals surface area contributed by atoms with Gasteiger partial charge in [-0.1, -0.05) is 0 Å². The van der Waals surface area contributed by atoms with Gasteiger partial charge in [0, 0.05) is 25.8 Å². The Bertz CT molecular complexity index is 916. The Morgan fingerprint density at radius 2 is 2.07 bits per heavy atom. The lowest BCUT2D eigenvalue weighted by Gasteiger charge is -2.31. The summed E-state index contributed by atoms with van der Waals surface area (Å²) in [6.07, 6.45) is 9.07. The number of pyridine rings is 1. The molecule has 1 atom stereocenters. The van der Waals surface area contributed by atoms with E-state index in [1.54, 1.807) is 18.3 Å². The van der Waals surface area contributed by atoms with Crippen LogP contribution in [0.2, 0.25) is 0 Å². The number of ether oxygens (including phenoxy) is 1. The second kappa shape index (κ2) is 8.93. The van der Waals surface area contributed by atoms with E-state index in [0.29, 0.717) is 24.5 Å². The van der Waals surface area contributed by atoms with E-state index in [1.807, 2.05) is 6.08 Å². The lowest BCUT2D eigenvalue weighted by molar-refractivity contribution is 0.306. The van der Waals surface area contributed by atoms with Gasteiger partial charge in [0.1, 0.15) is 17.6 Å². The fourth-order valence-corrected chi connectivity index (χ4v) is 3.68. The third kappa shape index (κ3) is 4.49. The van der Waals surface area contributed by atoms with Crippen LogP contribution in [0.25, 0.3) is 6.08 Å². The minimum Gasteiger partial charge on any atom is -0.494 e. The van der Waals surface area contributed by atoms with Crippen molar-refractivity contribution in [2.75, 3.05) is 36.9 Å². The third-order valence-electron chi connectivity index (χ3n) is 5.20. The van der Waals surface area contributed by atoms with E-state index in [-0.39, 0.29) is 12.0 Å². The summed E-state index contributed by atoms with van der Waals surface area (Å²) in [5.41, 5.74) is 3.02. The maximum atomic E-state index is 12.9. The molecule has 6 nitrogen and oxygen atoms in total. The highest BCUT2D eigenvalue weighted by Gasteiger charge is 2.25. The summed E-state index contributed by atoms with van der Waals surface area (Å²) in [5.74, 6) is 0.366. The Kier molecular flexibility index (Phi) is 5.92. The van der Waals surface area contributed by atoms with Crippen molar-refractivity contribution in [1.29, 1.82) is 5.26 Å². The second-order valence-electron chi connectivity index (χ2n) is 7.19. The molecule has 1 aromatic heterocycles. The van der Waals surface area contributed by atoms with Crippen molar-refractivity contribution in [2.24, 2.45) is 0 Å². The van der Waals surface area contributed by atoms with Gasteiger partial charge in [-0.2, -0.15) is 5.26 Å². The molecule has 7 heteroatoms. The first kappa shape index (κ1) is 19.2. The molecule has 29 heavy (non-hydrogen) atoms. The summed E-state index contributed by atoms with van der Waals surface area (Å²) in [4.78, 5) is 6.82. The number of hydrogen-bond donors (Lipinski definition) is 2. The number of nitrogens with one attached hydrogen (secondary N) is 2. The van der Waals surface area contributed by atoms with Crippen LogP contribution in [0.4, 0.5) is 15.8 Å². The molecular formula is C22H24FN5O. The van der Waals surface area contributed by atoms with E-state index in [9.17, 15) is 9.65 Å². The topological polar surface area (TPSA) is 73.2 Å². The van der Waals surface area contributed by atoms with Crippen LogP contribution >= 0.6 is 0 Å². The van der Waals surface area contributed by atoms with Crippen molar-refractivity contribution in [3.63, 3.8) is 0 Å². The van der Waals surface area contributed by atoms with Crippen molar-refractivity contribution in [1.82, 2.24) is 9.88 Å². The van der Waals surface area contributed by atoms with Crippen LogP contribution in [0.15, 0.2) is 36.5 Å². The molecule has 0 amide bonds. The number of hydrogen-bond acceptors (Lipinski definition) is 6. The number of likely N-dealkylation sites (tertiary alicyclic amines) is 1. The number of nitrogens with zero attached hydrogens (tertiary/aromatic N) is 3. The average molecular weight is 393 g/mol. The number of rotatable bonds is 7. The van der Waals surface area contributed by atoms with Gasteiger partial charge in [0.15, 0.2) is 0 Å². The number of fused-ring (bicyclic) bond motifs is 1. The van der Waals surface area contributed by atoms with Crippen molar-refractivity contribution < 1.29 is 9.13 Å². The molecule has 0 aliphatic carbocycles. The van der Waals surface area contributed by atoms with Crippen LogP contribution in [0.1, 0.15) is 30.5 Å². The Morgan fingerprint density at radius 1 is 1.28 bits per heavy atom. The molecular weight excluding hydrogens is 369 g/mol. The fourth-order valence-electron chi connectivity index (χ4n) is 3.68. The molecule has 0 spiro atoms. The first-order valence-electron chi connectivity index (χ1n) is 9.99. The smallest absolute Gasteiger partial charge is 0.123 e. The highest BCUT2D eigenvalue weighted by atomic mass is 19.1. The largest absolute Gasteiger partial charge is 0.494 e. The van der Waals surface area contributed by atoms with E-state index < -0.39 is 0 Å². The van der Waals surface area contributed by atoms with E-state index in [1.165, 1.54) is 25.0 Å². The molecule has 1 aromatic carbocycles. The maximum Gasteiger partial charge on any atom is 0.123 e. The van der Waals surface area contributed by atoms with Crippen molar-refractivity contribution >= 4 is 17.5 Å². The molecule has 150 valence electrons. The number of anilines is 2. The Labute approximate surface area is 170 Å². The van der Waals surface area contributed by atoms with Gasteiger partial charge in [-0.15, -0.1) is 0 Å². The monoisotopic (exact) mass is 393 g/mol. The van der Waals surface area contributed by atoms with Crippen LogP contribution in [0, 0.1) is 17.1 Å². The molecule has 2 aliphatic rings. The summed E-state index contributed by atoms with van der Waals surface area (Å²) >= 11 is 0. The van der Waals surface area contributed by atoms with Crippen LogP contribution < -0.4 is 15.4 Å². The van der Waals surface area contributed by atoms with Crippen molar-refractivity contribution in [2.45, 2.75) is 25.4 Å². The van der Waals surface area contributed by atoms with E-state index in [2.05, 4.69) is 32.7 Å². The van der Waals surface area contributed by atoms with Gasteiger partial charge in [-0.05, 0) is 55.7 Å². The van der Waals surface area contributed by atoms with Crippen LogP contribution in [-0.4, -0.2) is 42.3 Å². The lowest BCUT2D eigenvalue weighted by atomic mass is 10.1. The highest BCUT2D eigenvalue weighted by Crippen LogP contribution is 2.33. The molecule has 2 aliphatic heterocycles. The molecule has 0 bridgehead atoms. The normalized spacial score (nSPS) is 18.0. The van der Waals surface area contributed by atoms with Gasteiger partial charge < -0.3 is 15.4 Å². The quantitative estimate of drug-likeness (QED) is 0.697. The Balaban J connectivity index is 1.38. The molecule has 0 radical (unpaired) electrons. The van der Waals surface area contributed by atoms with Gasteiger partial charge in [-0.25, -0.2) is 4.39 Å². The van der Waals surface area contributed by atoms with Crippen molar-refractivity contribution in [3.05, 3.63) is 53.6 Å². The highest BCUT2D eigenvalue weighted by molar-refractivity contribution is 5.83. The number of nitriles is 1. The zero-order valence-corrected chi connectivity index (χ0v) is 16.2. The summed E-state index contributed by atoms with van der Waals surface area (Å²) in [6, 6.07) is 8.23. The third-order valence-corrected chi connectivity index (χ3v) is 5.20. The van der Waals surface area contributed by atoms with E-state index >= 15 is 0 Å². The van der Waals surface area contributed by atoms with E-state index in [0.717, 1.165) is 36.6 Å². The molecule has 1 unspecified atom stereocenters. The summed E-state index contributed by atoms with van der Waals surface area (Å²) < 4.78 is 18.6.